The van der Waals surface area contributed by atoms with Crippen molar-refractivity contribution in [1.29, 1.82) is 0 Å². The molecule has 1 aromatic heterocycles. The summed E-state index contributed by atoms with van der Waals surface area (Å²) in [5, 5.41) is 3.33. The summed E-state index contributed by atoms with van der Waals surface area (Å²) in [6.07, 6.45) is 6.24. The highest BCUT2D eigenvalue weighted by molar-refractivity contribution is 5.79. The maximum absolute atomic E-state index is 12.6. The zero-order valence-corrected chi connectivity index (χ0v) is 11.2. The molecule has 1 aliphatic heterocycles. The Kier molecular flexibility index (Phi) is 3.78. The van der Waals surface area contributed by atoms with E-state index in [1.165, 1.54) is 0 Å². The molecule has 1 aromatic rings. The number of amides is 1. The van der Waals surface area contributed by atoms with Crippen molar-refractivity contribution in [2.75, 3.05) is 13.1 Å². The Morgan fingerprint density at radius 1 is 1.37 bits per heavy atom. The van der Waals surface area contributed by atoms with Crippen LogP contribution in [0.3, 0.4) is 0 Å². The van der Waals surface area contributed by atoms with Crippen LogP contribution in [0.5, 0.6) is 0 Å². The smallest absolute Gasteiger partial charge is 0.227 e. The summed E-state index contributed by atoms with van der Waals surface area (Å²) in [5.41, 5.74) is 0.992. The van der Waals surface area contributed by atoms with Crippen LogP contribution in [0.15, 0.2) is 24.4 Å². The molecule has 2 aliphatic rings. The summed E-state index contributed by atoms with van der Waals surface area (Å²) in [4.78, 5) is 19.0. The fourth-order valence-corrected chi connectivity index (χ4v) is 2.74. The zero-order valence-electron chi connectivity index (χ0n) is 11.2. The third kappa shape index (κ3) is 3.13. The minimum Gasteiger partial charge on any atom is -0.334 e. The van der Waals surface area contributed by atoms with Crippen molar-refractivity contribution in [3.8, 4) is 0 Å². The van der Waals surface area contributed by atoms with E-state index in [4.69, 9.17) is 0 Å². The molecule has 1 aliphatic carbocycles. The summed E-state index contributed by atoms with van der Waals surface area (Å²) >= 11 is 0. The first-order valence-electron chi connectivity index (χ1n) is 7.25. The quantitative estimate of drug-likeness (QED) is 0.892. The molecule has 102 valence electrons. The Morgan fingerprint density at radius 2 is 2.26 bits per heavy atom. The SMILES string of the molecule is O=C([C@@H]1CCCNC1)N(Cc1ccccn1)C1CC1. The fourth-order valence-electron chi connectivity index (χ4n) is 2.74. The van der Waals surface area contributed by atoms with Gasteiger partial charge < -0.3 is 10.2 Å². The van der Waals surface area contributed by atoms with Crippen LogP contribution >= 0.6 is 0 Å². The first-order chi connectivity index (χ1) is 9.34. The summed E-state index contributed by atoms with van der Waals surface area (Å²) in [6, 6.07) is 6.36. The van der Waals surface area contributed by atoms with E-state index in [1.54, 1.807) is 6.20 Å². The molecular formula is C15H21N3O. The number of nitrogens with one attached hydrogen (secondary N) is 1. The van der Waals surface area contributed by atoms with Crippen molar-refractivity contribution >= 4 is 5.91 Å². The molecule has 4 nitrogen and oxygen atoms in total. The number of carbonyl (C=O) groups is 1. The summed E-state index contributed by atoms with van der Waals surface area (Å²) < 4.78 is 0. The number of pyridine rings is 1. The maximum atomic E-state index is 12.6. The Hall–Kier alpha value is -1.42. The van der Waals surface area contributed by atoms with Crippen molar-refractivity contribution in [3.05, 3.63) is 30.1 Å². The molecule has 1 saturated heterocycles. The van der Waals surface area contributed by atoms with Gasteiger partial charge in [-0.15, -0.1) is 0 Å². The van der Waals surface area contributed by atoms with Crippen LogP contribution in [0.25, 0.3) is 0 Å². The summed E-state index contributed by atoms with van der Waals surface area (Å²) in [6.45, 7) is 2.55. The van der Waals surface area contributed by atoms with Gasteiger partial charge in [-0.3, -0.25) is 9.78 Å². The van der Waals surface area contributed by atoms with Gasteiger partial charge in [-0.05, 0) is 44.4 Å². The number of carbonyl (C=O) groups excluding carboxylic acids is 1. The molecule has 4 heteroatoms. The van der Waals surface area contributed by atoms with E-state index in [0.29, 0.717) is 18.5 Å². The van der Waals surface area contributed by atoms with E-state index in [9.17, 15) is 4.79 Å². The van der Waals surface area contributed by atoms with Crippen LogP contribution in [0.4, 0.5) is 0 Å². The molecule has 0 unspecified atom stereocenters. The topological polar surface area (TPSA) is 45.2 Å². The van der Waals surface area contributed by atoms with Crippen LogP contribution in [0.2, 0.25) is 0 Å². The number of aromatic nitrogens is 1. The molecule has 1 atom stereocenters. The van der Waals surface area contributed by atoms with Crippen LogP contribution < -0.4 is 5.32 Å². The molecule has 1 N–H and O–H groups in total. The molecule has 2 heterocycles. The third-order valence-corrected chi connectivity index (χ3v) is 3.98. The second-order valence-electron chi connectivity index (χ2n) is 5.56. The van der Waals surface area contributed by atoms with Gasteiger partial charge in [-0.2, -0.15) is 0 Å². The highest BCUT2D eigenvalue weighted by Crippen LogP contribution is 2.30. The molecule has 1 saturated carbocycles. The lowest BCUT2D eigenvalue weighted by atomic mass is 9.98. The molecular weight excluding hydrogens is 238 g/mol. The largest absolute Gasteiger partial charge is 0.334 e. The Morgan fingerprint density at radius 3 is 2.89 bits per heavy atom. The van der Waals surface area contributed by atoms with E-state index >= 15 is 0 Å². The molecule has 0 radical (unpaired) electrons. The molecule has 0 bridgehead atoms. The van der Waals surface area contributed by atoms with Crippen LogP contribution in [-0.2, 0) is 11.3 Å². The van der Waals surface area contributed by atoms with Crippen molar-refractivity contribution < 1.29 is 4.79 Å². The van der Waals surface area contributed by atoms with Crippen LogP contribution in [-0.4, -0.2) is 34.9 Å². The van der Waals surface area contributed by atoms with Crippen molar-refractivity contribution in [2.45, 2.75) is 38.3 Å². The second-order valence-corrected chi connectivity index (χ2v) is 5.56. The van der Waals surface area contributed by atoms with E-state index in [0.717, 1.165) is 44.5 Å². The molecule has 0 spiro atoms. The summed E-state index contributed by atoms with van der Waals surface area (Å²) in [7, 11) is 0. The minimum atomic E-state index is 0.165. The lowest BCUT2D eigenvalue weighted by Crippen LogP contribution is -2.43. The standard InChI is InChI=1S/C15H21N3O/c19-15(12-4-3-8-16-10-12)18(14-6-7-14)11-13-5-1-2-9-17-13/h1-2,5,9,12,14,16H,3-4,6-8,10-11H2/t12-/m1/s1. The van der Waals surface area contributed by atoms with E-state index in [2.05, 4.69) is 15.2 Å². The molecule has 1 amide bonds. The van der Waals surface area contributed by atoms with Gasteiger partial charge in [0, 0.05) is 18.8 Å². The maximum Gasteiger partial charge on any atom is 0.227 e. The first kappa shape index (κ1) is 12.6. The van der Waals surface area contributed by atoms with Gasteiger partial charge in [0.05, 0.1) is 18.2 Å². The Labute approximate surface area is 114 Å². The van der Waals surface area contributed by atoms with Crippen molar-refractivity contribution in [3.63, 3.8) is 0 Å². The van der Waals surface area contributed by atoms with Gasteiger partial charge in [-0.1, -0.05) is 6.07 Å². The highest BCUT2D eigenvalue weighted by Gasteiger charge is 2.36. The van der Waals surface area contributed by atoms with Gasteiger partial charge in [0.25, 0.3) is 0 Å². The van der Waals surface area contributed by atoms with Gasteiger partial charge in [0.15, 0.2) is 0 Å². The van der Waals surface area contributed by atoms with Crippen molar-refractivity contribution in [2.24, 2.45) is 5.92 Å². The number of piperidine rings is 1. The number of hydrogen-bond acceptors (Lipinski definition) is 3. The first-order valence-corrected chi connectivity index (χ1v) is 7.25. The lowest BCUT2D eigenvalue weighted by Gasteiger charge is -2.29. The van der Waals surface area contributed by atoms with Crippen molar-refractivity contribution in [1.82, 2.24) is 15.2 Å². The number of hydrogen-bond donors (Lipinski definition) is 1. The average Bonchev–Trinajstić information content (AvgIpc) is 3.31. The molecule has 3 rings (SSSR count). The second kappa shape index (κ2) is 5.70. The number of nitrogens with zero attached hydrogens (tertiary/aromatic N) is 2. The van der Waals surface area contributed by atoms with Gasteiger partial charge in [0.2, 0.25) is 5.91 Å². The lowest BCUT2D eigenvalue weighted by molar-refractivity contribution is -0.137. The number of rotatable bonds is 4. The summed E-state index contributed by atoms with van der Waals surface area (Å²) in [5.74, 6) is 0.485. The van der Waals surface area contributed by atoms with E-state index < -0.39 is 0 Å². The predicted molar refractivity (Wildman–Crippen MR) is 73.4 cm³/mol. The monoisotopic (exact) mass is 259 g/mol. The Balaban J connectivity index is 1.68. The molecule has 19 heavy (non-hydrogen) atoms. The third-order valence-electron chi connectivity index (χ3n) is 3.98. The average molecular weight is 259 g/mol. The van der Waals surface area contributed by atoms with Crippen LogP contribution in [0.1, 0.15) is 31.4 Å². The fraction of sp³-hybridized carbons (Fsp3) is 0.600. The van der Waals surface area contributed by atoms with E-state index in [-0.39, 0.29) is 5.92 Å². The van der Waals surface area contributed by atoms with Gasteiger partial charge in [-0.25, -0.2) is 0 Å². The van der Waals surface area contributed by atoms with E-state index in [1.807, 2.05) is 18.2 Å². The van der Waals surface area contributed by atoms with Crippen LogP contribution in [0, 0.1) is 5.92 Å². The minimum absolute atomic E-state index is 0.165. The normalized spacial score (nSPS) is 23.1. The Bertz CT molecular complexity index is 424. The van der Waals surface area contributed by atoms with Gasteiger partial charge >= 0.3 is 0 Å². The zero-order chi connectivity index (χ0) is 13.1. The van der Waals surface area contributed by atoms with Gasteiger partial charge in [0.1, 0.15) is 0 Å². The highest BCUT2D eigenvalue weighted by atomic mass is 16.2. The predicted octanol–water partition coefficient (Wildman–Crippen LogP) is 1.57. The molecule has 0 aromatic carbocycles. The molecule has 2 fully saturated rings.